The lowest BCUT2D eigenvalue weighted by Gasteiger charge is -2.37. The van der Waals surface area contributed by atoms with Gasteiger partial charge in [0.1, 0.15) is 5.84 Å². The van der Waals surface area contributed by atoms with Crippen molar-refractivity contribution >= 4 is 28.8 Å². The molecule has 9 heteroatoms. The second-order valence-electron chi connectivity index (χ2n) is 4.35. The van der Waals surface area contributed by atoms with Gasteiger partial charge in [0.05, 0.1) is 6.54 Å². The molecular weight excluding hydrogens is 314 g/mol. The Bertz CT molecular complexity index is 692. The molecule has 0 aromatic carbocycles. The van der Waals surface area contributed by atoms with Gasteiger partial charge >= 0.3 is 0 Å². The van der Waals surface area contributed by atoms with E-state index in [0.29, 0.717) is 22.4 Å². The van der Waals surface area contributed by atoms with Crippen LogP contribution in [0.25, 0.3) is 0 Å². The number of halogens is 1. The number of hydrogen-bond acceptors (Lipinski definition) is 8. The fourth-order valence-electron chi connectivity index (χ4n) is 2.12. The normalized spacial score (nSPS) is 24.3. The molecule has 108 valence electrons. The highest BCUT2D eigenvalue weighted by Crippen LogP contribution is 2.27. The number of nitrogens with zero attached hydrogens (tertiary/aromatic N) is 5. The first-order valence-electron chi connectivity index (χ1n) is 5.98. The van der Waals surface area contributed by atoms with Gasteiger partial charge in [0.15, 0.2) is 16.9 Å². The highest BCUT2D eigenvalue weighted by Gasteiger charge is 2.35. The maximum absolute atomic E-state index is 10.1. The molecule has 3 rings (SSSR count). The van der Waals surface area contributed by atoms with Crippen LogP contribution in [0.3, 0.4) is 0 Å². The molecule has 2 aliphatic rings. The van der Waals surface area contributed by atoms with Crippen molar-refractivity contribution in [2.24, 2.45) is 4.99 Å². The summed E-state index contributed by atoms with van der Waals surface area (Å²) >= 11 is 7.15. The summed E-state index contributed by atoms with van der Waals surface area (Å²) < 4.78 is 0.447. The zero-order valence-corrected chi connectivity index (χ0v) is 12.2. The van der Waals surface area contributed by atoms with E-state index in [0.717, 1.165) is 9.78 Å². The molecule has 3 heterocycles. The van der Waals surface area contributed by atoms with E-state index in [9.17, 15) is 10.2 Å². The van der Waals surface area contributed by atoms with Crippen molar-refractivity contribution in [1.29, 1.82) is 5.26 Å². The van der Waals surface area contributed by atoms with E-state index in [4.69, 9.17) is 16.9 Å². The Hall–Kier alpha value is -1.92. The summed E-state index contributed by atoms with van der Waals surface area (Å²) in [6.45, 7) is 0.461. The number of aliphatic hydroxyl groups excluding tert-OH is 2. The molecule has 0 saturated carbocycles. The topological polar surface area (TPSA) is 96.0 Å². The number of fused-ring (bicyclic) bond motifs is 1. The van der Waals surface area contributed by atoms with Crippen LogP contribution in [0.15, 0.2) is 35.1 Å². The van der Waals surface area contributed by atoms with Crippen molar-refractivity contribution in [3.63, 3.8) is 0 Å². The van der Waals surface area contributed by atoms with E-state index in [2.05, 4.69) is 9.98 Å². The molecule has 0 bridgehead atoms. The molecule has 7 nitrogen and oxygen atoms in total. The third kappa shape index (κ3) is 2.52. The van der Waals surface area contributed by atoms with Crippen molar-refractivity contribution in [3.05, 3.63) is 39.5 Å². The van der Waals surface area contributed by atoms with E-state index in [1.165, 1.54) is 11.3 Å². The Kier molecular flexibility index (Phi) is 3.65. The third-order valence-corrected chi connectivity index (χ3v) is 4.17. The van der Waals surface area contributed by atoms with Crippen LogP contribution in [0.1, 0.15) is 4.88 Å². The summed E-state index contributed by atoms with van der Waals surface area (Å²) in [5.41, 5.74) is 0.458. The molecule has 1 aromatic rings. The molecule has 0 fully saturated rings. The predicted molar refractivity (Wildman–Crippen MR) is 76.8 cm³/mol. The van der Waals surface area contributed by atoms with Crippen LogP contribution < -0.4 is 0 Å². The average Bonchev–Trinajstić information content (AvgIpc) is 2.86. The van der Waals surface area contributed by atoms with Gasteiger partial charge in [-0.05, 0) is 12.2 Å². The SMILES string of the molecule is N#CN1C(O)N=C2C(=CC=CN2Cc2cnc(Cl)s2)C1O. The fraction of sp³-hybridized carbons (Fsp3) is 0.250. The minimum Gasteiger partial charge on any atom is -0.368 e. The number of rotatable bonds is 2. The number of aliphatic imine (C=N–C) groups is 1. The number of hydrogen-bond donors (Lipinski definition) is 2. The lowest BCUT2D eigenvalue weighted by molar-refractivity contribution is -0.0464. The van der Waals surface area contributed by atoms with Crippen LogP contribution in [0.2, 0.25) is 4.47 Å². The van der Waals surface area contributed by atoms with Crippen molar-refractivity contribution in [2.45, 2.75) is 19.1 Å². The number of aliphatic hydroxyl groups is 2. The zero-order chi connectivity index (χ0) is 15.0. The monoisotopic (exact) mass is 323 g/mol. The number of thiazole rings is 1. The van der Waals surface area contributed by atoms with Gasteiger partial charge in [-0.25, -0.2) is 14.9 Å². The van der Waals surface area contributed by atoms with Gasteiger partial charge in [0.25, 0.3) is 0 Å². The molecule has 0 saturated heterocycles. The summed E-state index contributed by atoms with van der Waals surface area (Å²) in [4.78, 5) is 11.5. The lowest BCUT2D eigenvalue weighted by atomic mass is 10.1. The predicted octanol–water partition coefficient (Wildman–Crippen LogP) is 0.842. The Labute approximate surface area is 129 Å². The van der Waals surface area contributed by atoms with Crippen LogP contribution in [-0.2, 0) is 6.54 Å². The summed E-state index contributed by atoms with van der Waals surface area (Å²) in [7, 11) is 0. The minimum atomic E-state index is -1.41. The highest BCUT2D eigenvalue weighted by atomic mass is 35.5. The van der Waals surface area contributed by atoms with Crippen molar-refractivity contribution in [1.82, 2.24) is 14.8 Å². The molecule has 0 amide bonds. The van der Waals surface area contributed by atoms with Gasteiger partial charge in [-0.3, -0.25) is 0 Å². The van der Waals surface area contributed by atoms with Crippen LogP contribution in [0.4, 0.5) is 0 Å². The summed E-state index contributed by atoms with van der Waals surface area (Å²) in [6, 6.07) is 0. The largest absolute Gasteiger partial charge is 0.368 e. The van der Waals surface area contributed by atoms with Gasteiger partial charge in [-0.1, -0.05) is 11.6 Å². The quantitative estimate of drug-likeness (QED) is 0.783. The van der Waals surface area contributed by atoms with E-state index in [1.54, 1.807) is 35.6 Å². The van der Waals surface area contributed by atoms with Crippen LogP contribution in [0, 0.1) is 11.5 Å². The molecule has 0 aliphatic carbocycles. The second kappa shape index (κ2) is 5.46. The number of amidine groups is 1. The van der Waals surface area contributed by atoms with E-state index in [1.807, 2.05) is 0 Å². The van der Waals surface area contributed by atoms with Crippen LogP contribution >= 0.6 is 22.9 Å². The standard InChI is InChI=1S/C12H10ClN5O2S/c13-11-15-4-7(21-11)5-17-3-1-2-8-9(17)16-12(20)18(6-14)10(8)19/h1-4,10,12,19-20H,5H2. The zero-order valence-electron chi connectivity index (χ0n) is 10.6. The van der Waals surface area contributed by atoms with E-state index in [-0.39, 0.29) is 0 Å². The summed E-state index contributed by atoms with van der Waals surface area (Å²) in [5.74, 6) is 0.425. The number of allylic oxidation sites excluding steroid dienone is 2. The number of aromatic nitrogens is 1. The Balaban J connectivity index is 1.90. The Morgan fingerprint density at radius 3 is 2.95 bits per heavy atom. The molecule has 0 spiro atoms. The molecular formula is C12H10ClN5O2S. The molecule has 21 heavy (non-hydrogen) atoms. The van der Waals surface area contributed by atoms with Gasteiger partial charge in [0.2, 0.25) is 6.35 Å². The maximum atomic E-state index is 10.1. The Morgan fingerprint density at radius 2 is 2.29 bits per heavy atom. The van der Waals surface area contributed by atoms with Crippen LogP contribution in [0.5, 0.6) is 0 Å². The van der Waals surface area contributed by atoms with Crippen molar-refractivity contribution < 1.29 is 10.2 Å². The second-order valence-corrected chi connectivity index (χ2v) is 6.05. The maximum Gasteiger partial charge on any atom is 0.238 e. The molecule has 2 N–H and O–H groups in total. The summed E-state index contributed by atoms with van der Waals surface area (Å²) in [5, 5.41) is 28.9. The first-order valence-corrected chi connectivity index (χ1v) is 7.17. The van der Waals surface area contributed by atoms with Crippen LogP contribution in [-0.4, -0.2) is 43.4 Å². The van der Waals surface area contributed by atoms with Gasteiger partial charge < -0.3 is 15.1 Å². The van der Waals surface area contributed by atoms with E-state index < -0.39 is 12.6 Å². The molecule has 2 atom stereocenters. The highest BCUT2D eigenvalue weighted by molar-refractivity contribution is 7.15. The molecule has 1 aromatic heterocycles. The van der Waals surface area contributed by atoms with Crippen molar-refractivity contribution in [2.75, 3.05) is 0 Å². The average molecular weight is 324 g/mol. The van der Waals surface area contributed by atoms with Gasteiger partial charge in [0, 0.05) is 22.8 Å². The molecule has 2 aliphatic heterocycles. The van der Waals surface area contributed by atoms with Gasteiger partial charge in [-0.2, -0.15) is 5.26 Å². The lowest BCUT2D eigenvalue weighted by Crippen LogP contribution is -2.49. The Morgan fingerprint density at radius 1 is 1.48 bits per heavy atom. The van der Waals surface area contributed by atoms with Gasteiger partial charge in [-0.15, -0.1) is 11.3 Å². The summed E-state index contributed by atoms with van der Waals surface area (Å²) in [6.07, 6.45) is 5.93. The number of nitriles is 1. The minimum absolute atomic E-state index is 0.425. The smallest absolute Gasteiger partial charge is 0.238 e. The first-order chi connectivity index (χ1) is 10.1. The third-order valence-electron chi connectivity index (χ3n) is 3.07. The van der Waals surface area contributed by atoms with Crippen molar-refractivity contribution in [3.8, 4) is 6.19 Å². The fourth-order valence-corrected chi connectivity index (χ4v) is 3.09. The molecule has 2 unspecified atom stereocenters. The first kappa shape index (κ1) is 14.0. The molecule has 0 radical (unpaired) electrons. The van der Waals surface area contributed by atoms with E-state index >= 15 is 0 Å².